The summed E-state index contributed by atoms with van der Waals surface area (Å²) in [6.45, 7) is 0.344. The van der Waals surface area contributed by atoms with E-state index >= 15 is 0 Å². The lowest BCUT2D eigenvalue weighted by Gasteiger charge is -2.24. The number of rotatable bonds is 6. The highest BCUT2D eigenvalue weighted by molar-refractivity contribution is 7.89. The summed E-state index contributed by atoms with van der Waals surface area (Å²) in [5.74, 6) is -1.33. The van der Waals surface area contributed by atoms with Crippen LogP contribution in [0, 0.1) is 5.41 Å². The van der Waals surface area contributed by atoms with Gasteiger partial charge < -0.3 is 10.4 Å². The molecule has 3 rings (SSSR count). The van der Waals surface area contributed by atoms with Crippen molar-refractivity contribution in [2.24, 2.45) is 5.41 Å². The van der Waals surface area contributed by atoms with Gasteiger partial charge in [0.15, 0.2) is 0 Å². The fourth-order valence-electron chi connectivity index (χ4n) is 3.01. The molecule has 1 unspecified atom stereocenters. The van der Waals surface area contributed by atoms with E-state index in [4.69, 9.17) is 5.11 Å². The third kappa shape index (κ3) is 3.03. The number of amides is 1. The summed E-state index contributed by atoms with van der Waals surface area (Å²) >= 11 is 0. The molecule has 0 bridgehead atoms. The van der Waals surface area contributed by atoms with Crippen molar-refractivity contribution >= 4 is 21.9 Å². The number of carbonyl (C=O) groups is 2. The molecule has 2 N–H and O–H groups in total. The van der Waals surface area contributed by atoms with E-state index in [9.17, 15) is 18.0 Å². The lowest BCUT2D eigenvalue weighted by atomic mass is 10.1. The van der Waals surface area contributed by atoms with Gasteiger partial charge in [0, 0.05) is 13.1 Å². The van der Waals surface area contributed by atoms with Gasteiger partial charge in [-0.2, -0.15) is 4.31 Å². The van der Waals surface area contributed by atoms with Crippen molar-refractivity contribution in [2.45, 2.75) is 36.6 Å². The normalized spacial score (nSPS) is 22.9. The van der Waals surface area contributed by atoms with Crippen LogP contribution < -0.4 is 5.32 Å². The molecular formula is C16H20N2O5S. The van der Waals surface area contributed by atoms with Gasteiger partial charge in [-0.1, -0.05) is 18.2 Å². The molecule has 1 atom stereocenters. The van der Waals surface area contributed by atoms with E-state index in [2.05, 4.69) is 5.32 Å². The van der Waals surface area contributed by atoms with E-state index in [1.165, 1.54) is 16.4 Å². The molecule has 8 heteroatoms. The maximum Gasteiger partial charge on any atom is 0.311 e. The van der Waals surface area contributed by atoms with Gasteiger partial charge in [0.2, 0.25) is 15.9 Å². The van der Waals surface area contributed by atoms with Crippen LogP contribution in [-0.4, -0.2) is 48.8 Å². The fraction of sp³-hybridized carbons (Fsp3) is 0.500. The number of carbonyl (C=O) groups excluding carboxylic acids is 1. The predicted molar refractivity (Wildman–Crippen MR) is 85.7 cm³/mol. The zero-order valence-electron chi connectivity index (χ0n) is 13.1. The Hall–Kier alpha value is -1.93. The zero-order valence-corrected chi connectivity index (χ0v) is 14.0. The Morgan fingerprint density at radius 2 is 1.92 bits per heavy atom. The smallest absolute Gasteiger partial charge is 0.311 e. The van der Waals surface area contributed by atoms with Gasteiger partial charge in [-0.15, -0.1) is 0 Å². The average Bonchev–Trinajstić information content (AvgIpc) is 3.20. The summed E-state index contributed by atoms with van der Waals surface area (Å²) in [4.78, 5) is 23.7. The molecule has 1 aliphatic carbocycles. The molecule has 24 heavy (non-hydrogen) atoms. The van der Waals surface area contributed by atoms with Crippen LogP contribution in [0.2, 0.25) is 0 Å². The number of carboxylic acid groups (broad SMARTS) is 1. The van der Waals surface area contributed by atoms with Crippen molar-refractivity contribution < 1.29 is 23.1 Å². The highest BCUT2D eigenvalue weighted by Crippen LogP contribution is 2.45. The van der Waals surface area contributed by atoms with Gasteiger partial charge in [0.05, 0.1) is 10.3 Å². The summed E-state index contributed by atoms with van der Waals surface area (Å²) < 4.78 is 26.7. The van der Waals surface area contributed by atoms with Crippen molar-refractivity contribution in [1.29, 1.82) is 0 Å². The number of nitrogens with zero attached hydrogens (tertiary/aromatic N) is 1. The molecule has 0 aromatic heterocycles. The molecule has 1 saturated carbocycles. The Morgan fingerprint density at radius 3 is 2.50 bits per heavy atom. The molecule has 0 spiro atoms. The zero-order chi connectivity index (χ0) is 17.4. The first-order valence-corrected chi connectivity index (χ1v) is 9.39. The molecule has 130 valence electrons. The second kappa shape index (κ2) is 6.18. The van der Waals surface area contributed by atoms with E-state index in [-0.39, 0.29) is 11.4 Å². The molecule has 0 radical (unpaired) electrons. The first-order chi connectivity index (χ1) is 11.4. The van der Waals surface area contributed by atoms with Gasteiger partial charge in [0.25, 0.3) is 0 Å². The average molecular weight is 352 g/mol. The lowest BCUT2D eigenvalue weighted by molar-refractivity contribution is -0.143. The summed E-state index contributed by atoms with van der Waals surface area (Å²) in [7, 11) is -3.73. The van der Waals surface area contributed by atoms with E-state index < -0.39 is 33.4 Å². The topological polar surface area (TPSA) is 104 Å². The van der Waals surface area contributed by atoms with E-state index in [0.717, 1.165) is 0 Å². The molecule has 1 heterocycles. The number of sulfonamides is 1. The molecule has 1 aromatic rings. The summed E-state index contributed by atoms with van der Waals surface area (Å²) in [5, 5.41) is 11.8. The highest BCUT2D eigenvalue weighted by atomic mass is 32.2. The quantitative estimate of drug-likeness (QED) is 0.789. The number of carboxylic acids is 1. The van der Waals surface area contributed by atoms with Crippen LogP contribution in [0.15, 0.2) is 35.2 Å². The lowest BCUT2D eigenvalue weighted by Crippen LogP contribution is -2.47. The van der Waals surface area contributed by atoms with Crippen molar-refractivity contribution in [1.82, 2.24) is 9.62 Å². The van der Waals surface area contributed by atoms with Crippen LogP contribution in [0.25, 0.3) is 0 Å². The summed E-state index contributed by atoms with van der Waals surface area (Å²) in [6.07, 6.45) is 2.13. The van der Waals surface area contributed by atoms with Gasteiger partial charge in [0.1, 0.15) is 6.04 Å². The molecule has 1 aromatic carbocycles. The molecule has 7 nitrogen and oxygen atoms in total. The highest BCUT2D eigenvalue weighted by Gasteiger charge is 2.51. The SMILES string of the molecule is O=C(NCC1(C(=O)O)CC1)C1CCCN1S(=O)(=O)c1ccccc1. The van der Waals surface area contributed by atoms with Gasteiger partial charge in [-0.25, -0.2) is 8.42 Å². The molecule has 1 aliphatic heterocycles. The number of benzene rings is 1. The first kappa shape index (κ1) is 16.9. The van der Waals surface area contributed by atoms with E-state index in [1.54, 1.807) is 18.2 Å². The Bertz CT molecular complexity index is 743. The third-order valence-corrected chi connectivity index (χ3v) is 6.69. The third-order valence-electron chi connectivity index (χ3n) is 4.76. The number of hydrogen-bond donors (Lipinski definition) is 2. The van der Waals surface area contributed by atoms with Crippen molar-refractivity contribution in [3.05, 3.63) is 30.3 Å². The molecule has 2 fully saturated rings. The second-order valence-corrected chi connectivity index (χ2v) is 8.28. The van der Waals surface area contributed by atoms with Gasteiger partial charge >= 0.3 is 5.97 Å². The van der Waals surface area contributed by atoms with Crippen LogP contribution >= 0.6 is 0 Å². The standard InChI is InChI=1S/C16H20N2O5S/c19-14(17-11-16(8-9-16)15(20)21)13-7-4-10-18(13)24(22,23)12-5-2-1-3-6-12/h1-3,5-6,13H,4,7-11H2,(H,17,19)(H,20,21). The van der Waals surface area contributed by atoms with Crippen molar-refractivity contribution in [2.75, 3.05) is 13.1 Å². The Balaban J connectivity index is 1.71. The minimum atomic E-state index is -3.73. The summed E-state index contributed by atoms with van der Waals surface area (Å²) in [5.41, 5.74) is -0.864. The number of hydrogen-bond acceptors (Lipinski definition) is 4. The monoisotopic (exact) mass is 352 g/mol. The van der Waals surface area contributed by atoms with Crippen LogP contribution in [0.5, 0.6) is 0 Å². The largest absolute Gasteiger partial charge is 0.481 e. The van der Waals surface area contributed by atoms with Crippen LogP contribution in [0.1, 0.15) is 25.7 Å². The van der Waals surface area contributed by atoms with Crippen LogP contribution in [0.4, 0.5) is 0 Å². The minimum absolute atomic E-state index is 0.0525. The molecule has 1 saturated heterocycles. The van der Waals surface area contributed by atoms with E-state index in [0.29, 0.717) is 32.2 Å². The van der Waals surface area contributed by atoms with Crippen LogP contribution in [0.3, 0.4) is 0 Å². The van der Waals surface area contributed by atoms with E-state index in [1.807, 2.05) is 0 Å². The van der Waals surface area contributed by atoms with Crippen LogP contribution in [-0.2, 0) is 19.6 Å². The Kier molecular flexibility index (Phi) is 4.35. The Morgan fingerprint density at radius 1 is 1.25 bits per heavy atom. The second-order valence-electron chi connectivity index (χ2n) is 6.39. The maximum absolute atomic E-state index is 12.7. The number of nitrogens with one attached hydrogen (secondary N) is 1. The maximum atomic E-state index is 12.7. The van der Waals surface area contributed by atoms with Gasteiger partial charge in [-0.3, -0.25) is 9.59 Å². The predicted octanol–water partition coefficient (Wildman–Crippen LogP) is 0.821. The Labute approximate surface area is 140 Å². The first-order valence-electron chi connectivity index (χ1n) is 7.95. The minimum Gasteiger partial charge on any atom is -0.481 e. The molecule has 1 amide bonds. The van der Waals surface area contributed by atoms with Crippen molar-refractivity contribution in [3.8, 4) is 0 Å². The number of aliphatic carboxylic acids is 1. The molecular weight excluding hydrogens is 332 g/mol. The summed E-state index contributed by atoms with van der Waals surface area (Å²) in [6, 6.07) is 7.25. The van der Waals surface area contributed by atoms with Crippen molar-refractivity contribution in [3.63, 3.8) is 0 Å². The molecule has 2 aliphatic rings. The fourth-order valence-corrected chi connectivity index (χ4v) is 4.69. The van der Waals surface area contributed by atoms with Gasteiger partial charge in [-0.05, 0) is 37.8 Å².